The first kappa shape index (κ1) is 18.7. The lowest BCUT2D eigenvalue weighted by atomic mass is 9.71. The molecular formula is C14H29ClN2O2. The average Bonchev–Trinajstić information content (AvgIpc) is 2.36. The number of hydrogen-bond donors (Lipinski definition) is 2. The first-order chi connectivity index (χ1) is 8.49. The van der Waals surface area contributed by atoms with E-state index in [0.29, 0.717) is 25.9 Å². The standard InChI is InChI=1S/C14H28N2O2.ClH/c1-12(17)6-9-16(2)13(18)10-14(11-15)7-4-3-5-8-14;/h12,17H,3-11,15H2,1-2H3;1H. The van der Waals surface area contributed by atoms with Crippen LogP contribution in [-0.2, 0) is 4.79 Å². The Morgan fingerprint density at radius 2 is 1.95 bits per heavy atom. The highest BCUT2D eigenvalue weighted by molar-refractivity contribution is 5.85. The van der Waals surface area contributed by atoms with E-state index in [1.54, 1.807) is 11.8 Å². The number of carbonyl (C=O) groups excluding carboxylic acids is 1. The van der Waals surface area contributed by atoms with Crippen LogP contribution >= 0.6 is 12.4 Å². The largest absolute Gasteiger partial charge is 0.393 e. The molecule has 4 nitrogen and oxygen atoms in total. The van der Waals surface area contributed by atoms with Gasteiger partial charge in [-0.15, -0.1) is 12.4 Å². The second-order valence-electron chi connectivity index (χ2n) is 5.89. The van der Waals surface area contributed by atoms with Gasteiger partial charge in [0.15, 0.2) is 0 Å². The molecule has 19 heavy (non-hydrogen) atoms. The normalized spacial score (nSPS) is 19.4. The first-order valence-corrected chi connectivity index (χ1v) is 7.11. The molecule has 1 aliphatic rings. The Morgan fingerprint density at radius 3 is 2.42 bits per heavy atom. The Kier molecular flexibility index (Phi) is 8.62. The molecule has 1 aliphatic carbocycles. The molecule has 0 aromatic heterocycles. The summed E-state index contributed by atoms with van der Waals surface area (Å²) in [4.78, 5) is 13.9. The maximum atomic E-state index is 12.2. The van der Waals surface area contributed by atoms with Crippen LogP contribution < -0.4 is 5.73 Å². The highest BCUT2D eigenvalue weighted by Crippen LogP contribution is 2.38. The van der Waals surface area contributed by atoms with Crippen molar-refractivity contribution in [1.29, 1.82) is 0 Å². The second-order valence-corrected chi connectivity index (χ2v) is 5.89. The van der Waals surface area contributed by atoms with Gasteiger partial charge in [0, 0.05) is 20.0 Å². The minimum Gasteiger partial charge on any atom is -0.393 e. The van der Waals surface area contributed by atoms with Crippen LogP contribution in [0.1, 0.15) is 51.9 Å². The Bertz CT molecular complexity index is 266. The van der Waals surface area contributed by atoms with Crippen molar-refractivity contribution in [3.8, 4) is 0 Å². The monoisotopic (exact) mass is 292 g/mol. The fraction of sp³-hybridized carbons (Fsp3) is 0.929. The van der Waals surface area contributed by atoms with Crippen LogP contribution in [-0.4, -0.2) is 42.2 Å². The molecule has 0 aromatic rings. The molecule has 0 bridgehead atoms. The summed E-state index contributed by atoms with van der Waals surface area (Å²) in [6.45, 7) is 2.99. The maximum Gasteiger partial charge on any atom is 0.222 e. The van der Waals surface area contributed by atoms with Crippen molar-refractivity contribution in [2.45, 2.75) is 58.0 Å². The van der Waals surface area contributed by atoms with E-state index < -0.39 is 0 Å². The first-order valence-electron chi connectivity index (χ1n) is 7.11. The highest BCUT2D eigenvalue weighted by Gasteiger charge is 2.33. The smallest absolute Gasteiger partial charge is 0.222 e. The minimum absolute atomic E-state index is 0. The lowest BCUT2D eigenvalue weighted by molar-refractivity contribution is -0.133. The van der Waals surface area contributed by atoms with Crippen molar-refractivity contribution in [2.24, 2.45) is 11.1 Å². The summed E-state index contributed by atoms with van der Waals surface area (Å²) < 4.78 is 0. The van der Waals surface area contributed by atoms with Gasteiger partial charge in [-0.05, 0) is 38.1 Å². The van der Waals surface area contributed by atoms with Crippen molar-refractivity contribution in [3.63, 3.8) is 0 Å². The van der Waals surface area contributed by atoms with E-state index in [4.69, 9.17) is 5.73 Å². The summed E-state index contributed by atoms with van der Waals surface area (Å²) in [5.74, 6) is 0.169. The Morgan fingerprint density at radius 1 is 1.37 bits per heavy atom. The van der Waals surface area contributed by atoms with Crippen LogP contribution in [0.2, 0.25) is 0 Å². The van der Waals surface area contributed by atoms with Crippen LogP contribution in [0.15, 0.2) is 0 Å². The van der Waals surface area contributed by atoms with Crippen LogP contribution in [0.25, 0.3) is 0 Å². The maximum absolute atomic E-state index is 12.2. The molecule has 1 saturated carbocycles. The summed E-state index contributed by atoms with van der Waals surface area (Å²) in [5, 5.41) is 9.24. The van der Waals surface area contributed by atoms with E-state index in [1.807, 2.05) is 7.05 Å². The molecule has 1 unspecified atom stereocenters. The minimum atomic E-state index is -0.349. The van der Waals surface area contributed by atoms with Gasteiger partial charge < -0.3 is 15.7 Å². The van der Waals surface area contributed by atoms with Crippen molar-refractivity contribution in [3.05, 3.63) is 0 Å². The molecule has 3 N–H and O–H groups in total. The molecule has 1 fully saturated rings. The molecule has 0 radical (unpaired) electrons. The van der Waals surface area contributed by atoms with Gasteiger partial charge in [0.25, 0.3) is 0 Å². The summed E-state index contributed by atoms with van der Waals surface area (Å²) in [6, 6.07) is 0. The van der Waals surface area contributed by atoms with Gasteiger partial charge in [-0.2, -0.15) is 0 Å². The predicted molar refractivity (Wildman–Crippen MR) is 80.4 cm³/mol. The molecule has 0 aliphatic heterocycles. The molecule has 1 rings (SSSR count). The summed E-state index contributed by atoms with van der Waals surface area (Å²) in [7, 11) is 1.82. The SMILES string of the molecule is CC(O)CCN(C)C(=O)CC1(CN)CCCCC1.Cl. The number of amides is 1. The van der Waals surface area contributed by atoms with Crippen LogP contribution in [0.3, 0.4) is 0 Å². The van der Waals surface area contributed by atoms with Gasteiger partial charge in [-0.1, -0.05) is 19.3 Å². The molecule has 114 valence electrons. The van der Waals surface area contributed by atoms with Crippen LogP contribution in [0, 0.1) is 5.41 Å². The Balaban J connectivity index is 0.00000324. The second kappa shape index (κ2) is 8.77. The topological polar surface area (TPSA) is 66.6 Å². The lowest BCUT2D eigenvalue weighted by Gasteiger charge is -2.36. The average molecular weight is 293 g/mol. The van der Waals surface area contributed by atoms with Crippen molar-refractivity contribution < 1.29 is 9.90 Å². The number of halogens is 1. The van der Waals surface area contributed by atoms with Crippen LogP contribution in [0.4, 0.5) is 0 Å². The third kappa shape index (κ3) is 6.11. The number of nitrogens with zero attached hydrogens (tertiary/aromatic N) is 1. The predicted octanol–water partition coefficient (Wildman–Crippen LogP) is 1.94. The van der Waals surface area contributed by atoms with Gasteiger partial charge in [0.2, 0.25) is 5.91 Å². The molecule has 0 heterocycles. The van der Waals surface area contributed by atoms with Gasteiger partial charge >= 0.3 is 0 Å². The summed E-state index contributed by atoms with van der Waals surface area (Å²) in [6.07, 6.45) is 6.69. The third-order valence-electron chi connectivity index (χ3n) is 4.18. The van der Waals surface area contributed by atoms with Gasteiger partial charge in [-0.3, -0.25) is 4.79 Å². The Hall–Kier alpha value is -0.320. The molecule has 1 amide bonds. The zero-order valence-corrected chi connectivity index (χ0v) is 13.0. The molecule has 0 saturated heterocycles. The molecule has 1 atom stereocenters. The van der Waals surface area contributed by atoms with Gasteiger partial charge in [0.05, 0.1) is 6.10 Å². The quantitative estimate of drug-likeness (QED) is 0.786. The fourth-order valence-corrected chi connectivity index (χ4v) is 2.72. The van der Waals surface area contributed by atoms with E-state index >= 15 is 0 Å². The molecule has 5 heteroatoms. The molecule has 0 spiro atoms. The van der Waals surface area contributed by atoms with E-state index in [0.717, 1.165) is 12.8 Å². The number of aliphatic hydroxyl groups is 1. The van der Waals surface area contributed by atoms with Gasteiger partial charge in [0.1, 0.15) is 0 Å². The fourth-order valence-electron chi connectivity index (χ4n) is 2.72. The molecule has 0 aromatic carbocycles. The zero-order valence-electron chi connectivity index (χ0n) is 12.2. The number of nitrogens with two attached hydrogens (primary N) is 1. The van der Waals surface area contributed by atoms with Gasteiger partial charge in [-0.25, -0.2) is 0 Å². The number of rotatable bonds is 6. The molecular weight excluding hydrogens is 264 g/mol. The third-order valence-corrected chi connectivity index (χ3v) is 4.18. The van der Waals surface area contributed by atoms with Crippen molar-refractivity contribution in [2.75, 3.05) is 20.1 Å². The lowest BCUT2D eigenvalue weighted by Crippen LogP contribution is -2.39. The van der Waals surface area contributed by atoms with E-state index in [9.17, 15) is 9.90 Å². The highest BCUT2D eigenvalue weighted by atomic mass is 35.5. The summed E-state index contributed by atoms with van der Waals surface area (Å²) in [5.41, 5.74) is 5.93. The van der Waals surface area contributed by atoms with Crippen molar-refractivity contribution in [1.82, 2.24) is 4.90 Å². The zero-order chi connectivity index (χ0) is 13.6. The summed E-state index contributed by atoms with van der Waals surface area (Å²) >= 11 is 0. The van der Waals surface area contributed by atoms with E-state index in [-0.39, 0.29) is 29.8 Å². The Labute approximate surface area is 123 Å². The number of aliphatic hydroxyl groups excluding tert-OH is 1. The van der Waals surface area contributed by atoms with Crippen molar-refractivity contribution >= 4 is 18.3 Å². The number of hydrogen-bond acceptors (Lipinski definition) is 3. The number of carbonyl (C=O) groups is 1. The van der Waals surface area contributed by atoms with Crippen LogP contribution in [0.5, 0.6) is 0 Å². The van der Waals surface area contributed by atoms with E-state index in [2.05, 4.69) is 0 Å². The van der Waals surface area contributed by atoms with E-state index in [1.165, 1.54) is 19.3 Å².